The fourth-order valence-electron chi connectivity index (χ4n) is 2.98. The van der Waals surface area contributed by atoms with Gasteiger partial charge < -0.3 is 15.4 Å². The lowest BCUT2D eigenvalue weighted by molar-refractivity contribution is 0.0853. The molecule has 0 bridgehead atoms. The molecule has 1 aromatic heterocycles. The van der Waals surface area contributed by atoms with Crippen LogP contribution in [0.25, 0.3) is 0 Å². The zero-order valence-electron chi connectivity index (χ0n) is 15.0. The van der Waals surface area contributed by atoms with Crippen LogP contribution in [-0.2, 0) is 4.74 Å². The van der Waals surface area contributed by atoms with Crippen LogP contribution in [0.5, 0.6) is 0 Å². The third-order valence-corrected chi connectivity index (χ3v) is 4.45. The van der Waals surface area contributed by atoms with Crippen molar-refractivity contribution in [3.05, 3.63) is 58.9 Å². The molecule has 6 heteroatoms. The molecule has 0 saturated carbocycles. The van der Waals surface area contributed by atoms with Gasteiger partial charge >= 0.3 is 0 Å². The van der Waals surface area contributed by atoms with Gasteiger partial charge in [-0.1, -0.05) is 24.3 Å². The van der Waals surface area contributed by atoms with Gasteiger partial charge in [0, 0.05) is 18.8 Å². The average Bonchev–Trinajstić information content (AvgIpc) is 3.16. The van der Waals surface area contributed by atoms with Crippen LogP contribution in [0.3, 0.4) is 0 Å². The minimum atomic E-state index is -0.337. The van der Waals surface area contributed by atoms with E-state index >= 15 is 0 Å². The molecular formula is C20H23N3O3. The minimum absolute atomic E-state index is 0.0643. The van der Waals surface area contributed by atoms with E-state index in [1.54, 1.807) is 18.2 Å². The Morgan fingerprint density at radius 1 is 1.08 bits per heavy atom. The fourth-order valence-corrected chi connectivity index (χ4v) is 2.98. The highest BCUT2D eigenvalue weighted by molar-refractivity contribution is 6.04. The molecule has 0 spiro atoms. The van der Waals surface area contributed by atoms with Gasteiger partial charge in [-0.3, -0.25) is 9.59 Å². The Bertz CT molecular complexity index is 793. The summed E-state index contributed by atoms with van der Waals surface area (Å²) in [6, 6.07) is 10.7. The summed E-state index contributed by atoms with van der Waals surface area (Å²) in [5.41, 5.74) is 3.15. The van der Waals surface area contributed by atoms with Crippen LogP contribution in [0.4, 0.5) is 5.69 Å². The summed E-state index contributed by atoms with van der Waals surface area (Å²) in [4.78, 5) is 29.0. The van der Waals surface area contributed by atoms with E-state index in [1.807, 2.05) is 32.0 Å². The third kappa shape index (κ3) is 4.26. The van der Waals surface area contributed by atoms with Crippen molar-refractivity contribution in [2.45, 2.75) is 32.8 Å². The van der Waals surface area contributed by atoms with Crippen molar-refractivity contribution >= 4 is 17.5 Å². The lowest BCUT2D eigenvalue weighted by atomic mass is 10.1. The molecule has 1 saturated heterocycles. The van der Waals surface area contributed by atoms with E-state index in [0.29, 0.717) is 6.54 Å². The highest BCUT2D eigenvalue weighted by atomic mass is 16.5. The molecule has 0 aliphatic carbocycles. The molecule has 1 aliphatic heterocycles. The molecule has 2 heterocycles. The summed E-state index contributed by atoms with van der Waals surface area (Å²) >= 11 is 0. The number of hydrogen-bond donors (Lipinski definition) is 2. The van der Waals surface area contributed by atoms with Crippen LogP contribution in [0, 0.1) is 13.8 Å². The SMILES string of the molecule is Cc1cccc(C)c1NC(=O)c1cccc(C(=O)NCC2CCCO2)n1. The van der Waals surface area contributed by atoms with Crippen molar-refractivity contribution in [1.82, 2.24) is 10.3 Å². The number of pyridine rings is 1. The van der Waals surface area contributed by atoms with E-state index in [4.69, 9.17) is 4.74 Å². The van der Waals surface area contributed by atoms with Gasteiger partial charge in [-0.05, 0) is 49.9 Å². The Morgan fingerprint density at radius 2 is 1.73 bits per heavy atom. The summed E-state index contributed by atoms with van der Waals surface area (Å²) in [6.45, 7) is 5.07. The number of benzene rings is 1. The summed E-state index contributed by atoms with van der Waals surface area (Å²) in [6.07, 6.45) is 2.04. The lowest BCUT2D eigenvalue weighted by Gasteiger charge is -2.12. The summed E-state index contributed by atoms with van der Waals surface area (Å²) in [5, 5.41) is 5.70. The lowest BCUT2D eigenvalue weighted by Crippen LogP contribution is -2.32. The van der Waals surface area contributed by atoms with Crippen LogP contribution < -0.4 is 10.6 Å². The Morgan fingerprint density at radius 3 is 2.38 bits per heavy atom. The van der Waals surface area contributed by atoms with Crippen molar-refractivity contribution in [1.29, 1.82) is 0 Å². The van der Waals surface area contributed by atoms with Gasteiger partial charge in [-0.2, -0.15) is 0 Å². The highest BCUT2D eigenvalue weighted by Gasteiger charge is 2.18. The number of rotatable bonds is 5. The van der Waals surface area contributed by atoms with Crippen molar-refractivity contribution in [3.63, 3.8) is 0 Å². The van der Waals surface area contributed by atoms with Crippen molar-refractivity contribution < 1.29 is 14.3 Å². The predicted octanol–water partition coefficient (Wildman–Crippen LogP) is 2.86. The molecule has 6 nitrogen and oxygen atoms in total. The number of carbonyl (C=O) groups excluding carboxylic acids is 2. The molecule has 136 valence electrons. The maximum Gasteiger partial charge on any atom is 0.274 e. The van der Waals surface area contributed by atoms with Gasteiger partial charge in [-0.15, -0.1) is 0 Å². The van der Waals surface area contributed by atoms with Crippen LogP contribution in [0.15, 0.2) is 36.4 Å². The van der Waals surface area contributed by atoms with Crippen molar-refractivity contribution in [2.24, 2.45) is 0 Å². The molecule has 1 aromatic carbocycles. The minimum Gasteiger partial charge on any atom is -0.376 e. The van der Waals surface area contributed by atoms with E-state index in [9.17, 15) is 9.59 Å². The first-order chi connectivity index (χ1) is 12.5. The van der Waals surface area contributed by atoms with Gasteiger partial charge in [0.05, 0.1) is 6.10 Å². The normalized spacial score (nSPS) is 16.3. The zero-order chi connectivity index (χ0) is 18.5. The summed E-state index contributed by atoms with van der Waals surface area (Å²) < 4.78 is 5.49. The standard InChI is InChI=1S/C20H23N3O3/c1-13-6-3-7-14(2)18(13)23-20(25)17-10-4-9-16(22-17)19(24)21-12-15-8-5-11-26-15/h3-4,6-7,9-10,15H,5,8,11-12H2,1-2H3,(H,21,24)(H,23,25). The number of aryl methyl sites for hydroxylation is 2. The van der Waals surface area contributed by atoms with Gasteiger partial charge in [0.1, 0.15) is 11.4 Å². The Labute approximate surface area is 153 Å². The number of amides is 2. The van der Waals surface area contributed by atoms with Crippen molar-refractivity contribution in [3.8, 4) is 0 Å². The zero-order valence-corrected chi connectivity index (χ0v) is 15.0. The Kier molecular flexibility index (Phi) is 5.63. The molecule has 1 fully saturated rings. The van der Waals surface area contributed by atoms with Crippen LogP contribution in [0.1, 0.15) is 44.9 Å². The number of nitrogens with one attached hydrogen (secondary N) is 2. The second-order valence-electron chi connectivity index (χ2n) is 6.47. The second kappa shape index (κ2) is 8.10. The van der Waals surface area contributed by atoms with Gasteiger partial charge in [-0.25, -0.2) is 4.98 Å². The van der Waals surface area contributed by atoms with E-state index in [2.05, 4.69) is 15.6 Å². The number of ether oxygens (including phenoxy) is 1. The van der Waals surface area contributed by atoms with E-state index < -0.39 is 0 Å². The Hall–Kier alpha value is -2.73. The first kappa shape index (κ1) is 18.1. The maximum absolute atomic E-state index is 12.5. The van der Waals surface area contributed by atoms with Gasteiger partial charge in [0.2, 0.25) is 0 Å². The molecule has 1 atom stereocenters. The predicted molar refractivity (Wildman–Crippen MR) is 99.4 cm³/mol. The number of hydrogen-bond acceptors (Lipinski definition) is 4. The molecule has 2 amide bonds. The maximum atomic E-state index is 12.5. The summed E-state index contributed by atoms with van der Waals surface area (Å²) in [7, 11) is 0. The average molecular weight is 353 g/mol. The number of anilines is 1. The van der Waals surface area contributed by atoms with Crippen molar-refractivity contribution in [2.75, 3.05) is 18.5 Å². The van der Waals surface area contributed by atoms with Crippen LogP contribution in [0.2, 0.25) is 0 Å². The smallest absolute Gasteiger partial charge is 0.274 e. The molecule has 1 aliphatic rings. The Balaban J connectivity index is 1.68. The molecule has 26 heavy (non-hydrogen) atoms. The molecular weight excluding hydrogens is 330 g/mol. The van der Waals surface area contributed by atoms with Gasteiger partial charge in [0.15, 0.2) is 0 Å². The number of para-hydroxylation sites is 1. The highest BCUT2D eigenvalue weighted by Crippen LogP contribution is 2.20. The van der Waals surface area contributed by atoms with Crippen LogP contribution in [-0.4, -0.2) is 36.1 Å². The largest absolute Gasteiger partial charge is 0.376 e. The molecule has 0 radical (unpaired) electrons. The van der Waals surface area contributed by atoms with E-state index in [-0.39, 0.29) is 29.3 Å². The quantitative estimate of drug-likeness (QED) is 0.866. The molecule has 1 unspecified atom stereocenters. The monoisotopic (exact) mass is 353 g/mol. The molecule has 3 rings (SSSR count). The first-order valence-corrected chi connectivity index (χ1v) is 8.79. The first-order valence-electron chi connectivity index (χ1n) is 8.79. The number of carbonyl (C=O) groups is 2. The third-order valence-electron chi connectivity index (χ3n) is 4.45. The van der Waals surface area contributed by atoms with Gasteiger partial charge in [0.25, 0.3) is 11.8 Å². The second-order valence-corrected chi connectivity index (χ2v) is 6.47. The molecule has 2 N–H and O–H groups in total. The topological polar surface area (TPSA) is 80.3 Å². The number of nitrogens with zero attached hydrogens (tertiary/aromatic N) is 1. The number of aromatic nitrogens is 1. The fraction of sp³-hybridized carbons (Fsp3) is 0.350. The molecule has 2 aromatic rings. The van der Waals surface area contributed by atoms with E-state index in [0.717, 1.165) is 36.3 Å². The summed E-state index contributed by atoms with van der Waals surface area (Å²) in [5.74, 6) is -0.640. The van der Waals surface area contributed by atoms with E-state index in [1.165, 1.54) is 0 Å². The van der Waals surface area contributed by atoms with Crippen LogP contribution >= 0.6 is 0 Å².